The summed E-state index contributed by atoms with van der Waals surface area (Å²) in [5.41, 5.74) is 10.4. The Morgan fingerprint density at radius 1 is 0.298 bits per heavy atom. The van der Waals surface area contributed by atoms with Crippen molar-refractivity contribution in [2.75, 3.05) is 9.80 Å². The fourth-order valence-corrected chi connectivity index (χ4v) is 6.54. The normalized spacial score (nSPS) is 11.1. The molecule has 2 nitrogen and oxygen atoms in total. The third kappa shape index (κ3) is 5.51. The third-order valence-corrected chi connectivity index (χ3v) is 8.91. The van der Waals surface area contributed by atoms with Gasteiger partial charge in [0.05, 0.1) is 11.4 Å². The van der Waals surface area contributed by atoms with E-state index in [1.54, 1.807) is 0 Å². The van der Waals surface area contributed by atoms with Crippen LogP contribution >= 0.6 is 0 Å². The summed E-state index contributed by atoms with van der Waals surface area (Å²) in [6.07, 6.45) is 0. The summed E-state index contributed by atoms with van der Waals surface area (Å²) >= 11 is 0. The first kappa shape index (κ1) is 28.4. The van der Waals surface area contributed by atoms with Crippen molar-refractivity contribution >= 4 is 55.7 Å². The average molecular weight is 603 g/mol. The highest BCUT2D eigenvalue weighted by molar-refractivity contribution is 6.00. The molecule has 0 aromatic heterocycles. The lowest BCUT2D eigenvalue weighted by molar-refractivity contribution is 1.29. The van der Waals surface area contributed by atoms with Gasteiger partial charge in [0.1, 0.15) is 0 Å². The van der Waals surface area contributed by atoms with Crippen LogP contribution in [0.1, 0.15) is 5.56 Å². The maximum absolute atomic E-state index is 2.36. The van der Waals surface area contributed by atoms with Crippen molar-refractivity contribution in [2.24, 2.45) is 0 Å². The summed E-state index contributed by atoms with van der Waals surface area (Å²) in [4.78, 5) is 4.70. The van der Waals surface area contributed by atoms with E-state index in [4.69, 9.17) is 0 Å². The molecule has 0 saturated heterocycles. The molecule has 0 bridgehead atoms. The largest absolute Gasteiger partial charge is 0.310 e. The van der Waals surface area contributed by atoms with Crippen LogP contribution in [-0.2, 0) is 0 Å². The molecule has 224 valence electrons. The fourth-order valence-electron chi connectivity index (χ4n) is 6.54. The van der Waals surface area contributed by atoms with Crippen molar-refractivity contribution in [3.63, 3.8) is 0 Å². The molecular weight excluding hydrogens is 569 g/mol. The van der Waals surface area contributed by atoms with Gasteiger partial charge in [-0.3, -0.25) is 0 Å². The van der Waals surface area contributed by atoms with E-state index in [9.17, 15) is 0 Å². The first-order valence-corrected chi connectivity index (χ1v) is 16.1. The van der Waals surface area contributed by atoms with E-state index in [2.05, 4.69) is 205 Å². The Balaban J connectivity index is 1.16. The van der Waals surface area contributed by atoms with E-state index in [1.807, 2.05) is 0 Å². The molecule has 0 saturated carbocycles. The van der Waals surface area contributed by atoms with Gasteiger partial charge in [0.25, 0.3) is 0 Å². The summed E-state index contributed by atoms with van der Waals surface area (Å²) < 4.78 is 0. The van der Waals surface area contributed by atoms with E-state index in [0.717, 1.165) is 28.4 Å². The van der Waals surface area contributed by atoms with Gasteiger partial charge in [-0.25, -0.2) is 0 Å². The number of benzene rings is 8. The number of hydrogen-bond donors (Lipinski definition) is 0. The first-order valence-electron chi connectivity index (χ1n) is 16.1. The Bertz CT molecular complexity index is 2280. The Labute approximate surface area is 276 Å². The minimum absolute atomic E-state index is 1.12. The number of aryl methyl sites for hydroxylation is 1. The molecule has 0 radical (unpaired) electrons. The molecule has 0 spiro atoms. The van der Waals surface area contributed by atoms with Crippen molar-refractivity contribution in [3.8, 4) is 11.1 Å². The average Bonchev–Trinajstić information content (AvgIpc) is 3.14. The molecule has 0 fully saturated rings. The molecule has 0 unspecified atom stereocenters. The van der Waals surface area contributed by atoms with Crippen molar-refractivity contribution in [3.05, 3.63) is 194 Å². The molecule has 0 amide bonds. The van der Waals surface area contributed by atoms with Gasteiger partial charge in [0.2, 0.25) is 0 Å². The van der Waals surface area contributed by atoms with Gasteiger partial charge < -0.3 is 9.80 Å². The van der Waals surface area contributed by atoms with Gasteiger partial charge >= 0.3 is 0 Å². The Morgan fingerprint density at radius 3 is 1.13 bits per heavy atom. The zero-order valence-corrected chi connectivity index (χ0v) is 26.3. The molecular formula is C45H34N2. The molecule has 0 aliphatic rings. The lowest BCUT2D eigenvalue weighted by Gasteiger charge is -2.27. The molecule has 0 atom stereocenters. The highest BCUT2D eigenvalue weighted by Crippen LogP contribution is 2.41. The lowest BCUT2D eigenvalue weighted by atomic mass is 10.0. The molecule has 0 N–H and O–H groups in total. The molecule has 0 heterocycles. The predicted octanol–water partition coefficient (Wildman–Crippen LogP) is 12.9. The second-order valence-electron chi connectivity index (χ2n) is 11.9. The summed E-state index contributed by atoms with van der Waals surface area (Å²) in [7, 11) is 0. The molecule has 0 aliphatic carbocycles. The van der Waals surface area contributed by atoms with Crippen LogP contribution in [0.4, 0.5) is 34.1 Å². The maximum Gasteiger partial charge on any atom is 0.0540 e. The zero-order chi connectivity index (χ0) is 31.6. The molecule has 8 rings (SSSR count). The number of nitrogens with zero attached hydrogens (tertiary/aromatic N) is 2. The minimum atomic E-state index is 1.12. The highest BCUT2D eigenvalue weighted by Gasteiger charge is 2.17. The third-order valence-electron chi connectivity index (χ3n) is 8.91. The SMILES string of the molecule is Cc1ccc(N(c2ccc(-c3ccc(N(c4ccccc4)c4cccc5ccccc45)cc3)cc2)c2cccc3ccccc23)cc1. The van der Waals surface area contributed by atoms with E-state index in [0.29, 0.717) is 0 Å². The van der Waals surface area contributed by atoms with E-state index in [1.165, 1.54) is 43.9 Å². The number of rotatable bonds is 7. The zero-order valence-electron chi connectivity index (χ0n) is 26.3. The maximum atomic E-state index is 2.36. The van der Waals surface area contributed by atoms with Gasteiger partial charge in [-0.2, -0.15) is 0 Å². The molecule has 2 heteroatoms. The quantitative estimate of drug-likeness (QED) is 0.179. The summed E-state index contributed by atoms with van der Waals surface area (Å²) in [6.45, 7) is 2.13. The molecule has 47 heavy (non-hydrogen) atoms. The Morgan fingerprint density at radius 2 is 0.660 bits per heavy atom. The van der Waals surface area contributed by atoms with Crippen LogP contribution in [0, 0.1) is 6.92 Å². The molecule has 8 aromatic rings. The monoisotopic (exact) mass is 602 g/mol. The van der Waals surface area contributed by atoms with Crippen LogP contribution < -0.4 is 9.80 Å². The van der Waals surface area contributed by atoms with E-state index < -0.39 is 0 Å². The second kappa shape index (κ2) is 12.3. The summed E-state index contributed by atoms with van der Waals surface area (Å²) in [5, 5.41) is 4.91. The summed E-state index contributed by atoms with van der Waals surface area (Å²) in [5.74, 6) is 0. The van der Waals surface area contributed by atoms with E-state index in [-0.39, 0.29) is 0 Å². The Kier molecular flexibility index (Phi) is 7.45. The van der Waals surface area contributed by atoms with Crippen molar-refractivity contribution in [1.29, 1.82) is 0 Å². The van der Waals surface area contributed by atoms with Crippen LogP contribution in [0.2, 0.25) is 0 Å². The highest BCUT2D eigenvalue weighted by atomic mass is 15.1. The van der Waals surface area contributed by atoms with E-state index >= 15 is 0 Å². The van der Waals surface area contributed by atoms with Crippen molar-refractivity contribution in [2.45, 2.75) is 6.92 Å². The van der Waals surface area contributed by atoms with Crippen LogP contribution in [0.3, 0.4) is 0 Å². The molecule has 8 aromatic carbocycles. The number of anilines is 6. The van der Waals surface area contributed by atoms with Gasteiger partial charge in [0.15, 0.2) is 0 Å². The van der Waals surface area contributed by atoms with Gasteiger partial charge in [-0.05, 0) is 89.5 Å². The smallest absolute Gasteiger partial charge is 0.0540 e. The minimum Gasteiger partial charge on any atom is -0.310 e. The first-order chi connectivity index (χ1) is 23.2. The van der Waals surface area contributed by atoms with Gasteiger partial charge in [0, 0.05) is 33.5 Å². The van der Waals surface area contributed by atoms with Crippen LogP contribution in [0.25, 0.3) is 32.7 Å². The van der Waals surface area contributed by atoms with Gasteiger partial charge in [-0.15, -0.1) is 0 Å². The van der Waals surface area contributed by atoms with Gasteiger partial charge in [-0.1, -0.05) is 133 Å². The Hall–Kier alpha value is -6.12. The topological polar surface area (TPSA) is 6.48 Å². The van der Waals surface area contributed by atoms with Crippen LogP contribution in [0.15, 0.2) is 188 Å². The van der Waals surface area contributed by atoms with Crippen LogP contribution in [0.5, 0.6) is 0 Å². The second-order valence-corrected chi connectivity index (χ2v) is 11.9. The predicted molar refractivity (Wildman–Crippen MR) is 201 cm³/mol. The summed E-state index contributed by atoms with van der Waals surface area (Å²) in [6, 6.07) is 67.5. The fraction of sp³-hybridized carbons (Fsp3) is 0.0222. The number of hydrogen-bond acceptors (Lipinski definition) is 2. The molecule has 0 aliphatic heterocycles. The number of para-hydroxylation sites is 1. The van der Waals surface area contributed by atoms with Crippen molar-refractivity contribution < 1.29 is 0 Å². The number of fused-ring (bicyclic) bond motifs is 2. The van der Waals surface area contributed by atoms with Crippen LogP contribution in [-0.4, -0.2) is 0 Å². The standard InChI is InChI=1S/C45H34N2/c1-33-21-27-39(28-22-33)47(45-20-10-14-37-12-6-8-18-43(37)45)41-31-25-35(26-32-41)34-23-29-40(30-24-34)46(38-15-3-2-4-16-38)44-19-9-13-36-11-5-7-17-42(36)44/h2-32H,1H3. The lowest BCUT2D eigenvalue weighted by Crippen LogP contribution is -2.10. The van der Waals surface area contributed by atoms with Crippen molar-refractivity contribution in [1.82, 2.24) is 0 Å².